The number of carboxylic acids is 1. The summed E-state index contributed by atoms with van der Waals surface area (Å²) in [5.41, 5.74) is 4.02. The van der Waals surface area contributed by atoms with E-state index in [9.17, 15) is 14.4 Å². The summed E-state index contributed by atoms with van der Waals surface area (Å²) in [5.74, 6) is 0.393. The van der Waals surface area contributed by atoms with E-state index in [0.29, 0.717) is 25.8 Å². The Morgan fingerprint density at radius 1 is 1.00 bits per heavy atom. The summed E-state index contributed by atoms with van der Waals surface area (Å²) in [4.78, 5) is 36.6. The molecule has 1 saturated heterocycles. The summed E-state index contributed by atoms with van der Waals surface area (Å²) in [6, 6.07) is 16.4. The zero-order chi connectivity index (χ0) is 24.4. The highest BCUT2D eigenvalue weighted by molar-refractivity contribution is 7.99. The fraction of sp³-hybridized carbons (Fsp3) is 0.444. The van der Waals surface area contributed by atoms with E-state index in [1.165, 1.54) is 11.1 Å². The highest BCUT2D eigenvalue weighted by Gasteiger charge is 2.43. The van der Waals surface area contributed by atoms with Crippen LogP contribution in [-0.4, -0.2) is 53.3 Å². The van der Waals surface area contributed by atoms with Crippen molar-refractivity contribution in [1.29, 1.82) is 0 Å². The lowest BCUT2D eigenvalue weighted by atomic mass is 9.88. The quantitative estimate of drug-likeness (QED) is 0.512. The molecule has 2 atom stereocenters. The van der Waals surface area contributed by atoms with Crippen LogP contribution in [0.15, 0.2) is 48.5 Å². The minimum Gasteiger partial charge on any atom is -0.481 e. The first-order valence-corrected chi connectivity index (χ1v) is 13.3. The number of carbonyl (C=O) groups is 3. The molecule has 0 aromatic heterocycles. The van der Waals surface area contributed by atoms with Crippen LogP contribution >= 0.6 is 11.8 Å². The number of carboxylic acid groups (broad SMARTS) is 1. The number of thioether (sulfide) groups is 1. The van der Waals surface area contributed by atoms with E-state index >= 15 is 0 Å². The van der Waals surface area contributed by atoms with E-state index in [1.54, 1.807) is 0 Å². The molecule has 3 aliphatic rings. The molecule has 7 nitrogen and oxygen atoms in total. The standard InChI is InChI=1S/C27H30N2O5S/c30-24(28-15-17-13-22(17)25(31)32)14-27(9-11-35-12-10-27)29-26(33)34-16-23-20-7-3-1-5-18(20)19-6-2-4-8-21(19)23/h1-8,17,22-23H,9-16H2,(H,28,30)(H,29,33)(H,31,32)/t17-,22-/m1/s1. The number of hydrogen-bond donors (Lipinski definition) is 3. The van der Waals surface area contributed by atoms with Crippen molar-refractivity contribution in [2.75, 3.05) is 24.7 Å². The molecule has 2 aromatic rings. The Hall–Kier alpha value is -3.00. The lowest BCUT2D eigenvalue weighted by molar-refractivity contribution is -0.139. The number of benzene rings is 2. The molecule has 1 heterocycles. The number of amides is 2. The van der Waals surface area contributed by atoms with Crippen LogP contribution in [0.5, 0.6) is 0 Å². The van der Waals surface area contributed by atoms with Crippen LogP contribution in [0.1, 0.15) is 42.7 Å². The van der Waals surface area contributed by atoms with Crippen molar-refractivity contribution in [2.24, 2.45) is 11.8 Å². The van der Waals surface area contributed by atoms with E-state index in [1.807, 2.05) is 36.0 Å². The van der Waals surface area contributed by atoms with Crippen LogP contribution in [-0.2, 0) is 14.3 Å². The lowest BCUT2D eigenvalue weighted by Crippen LogP contribution is -2.53. The van der Waals surface area contributed by atoms with Gasteiger partial charge >= 0.3 is 12.1 Å². The predicted octanol–water partition coefficient (Wildman–Crippen LogP) is 4.02. The van der Waals surface area contributed by atoms with E-state index in [-0.39, 0.29) is 36.7 Å². The van der Waals surface area contributed by atoms with Crippen LogP contribution < -0.4 is 10.6 Å². The molecule has 0 bridgehead atoms. The fourth-order valence-corrected chi connectivity index (χ4v) is 6.62. The van der Waals surface area contributed by atoms with Crippen molar-refractivity contribution in [3.63, 3.8) is 0 Å². The van der Waals surface area contributed by atoms with Gasteiger partial charge in [-0.3, -0.25) is 9.59 Å². The molecule has 0 unspecified atom stereocenters. The molecule has 184 valence electrons. The minimum absolute atomic E-state index is 0.00408. The number of alkyl carbamates (subject to hydrolysis) is 1. The van der Waals surface area contributed by atoms with Crippen LogP contribution in [0.3, 0.4) is 0 Å². The van der Waals surface area contributed by atoms with Crippen molar-refractivity contribution in [2.45, 2.75) is 37.1 Å². The molecule has 8 heteroatoms. The van der Waals surface area contributed by atoms with Gasteiger partial charge in [0.15, 0.2) is 0 Å². The largest absolute Gasteiger partial charge is 0.481 e. The zero-order valence-electron chi connectivity index (χ0n) is 19.5. The normalized spacial score (nSPS) is 21.9. The van der Waals surface area contributed by atoms with Crippen molar-refractivity contribution < 1.29 is 24.2 Å². The third-order valence-electron chi connectivity index (χ3n) is 7.46. The fourth-order valence-electron chi connectivity index (χ4n) is 5.35. The Kier molecular flexibility index (Phi) is 6.73. The van der Waals surface area contributed by atoms with Crippen LogP contribution in [0.25, 0.3) is 11.1 Å². The van der Waals surface area contributed by atoms with Gasteiger partial charge in [-0.15, -0.1) is 0 Å². The van der Waals surface area contributed by atoms with Gasteiger partial charge in [-0.1, -0.05) is 48.5 Å². The second kappa shape index (κ2) is 9.93. The summed E-state index contributed by atoms with van der Waals surface area (Å²) >= 11 is 1.81. The molecule has 1 saturated carbocycles. The first kappa shape index (κ1) is 23.7. The van der Waals surface area contributed by atoms with E-state index in [2.05, 4.69) is 34.9 Å². The Morgan fingerprint density at radius 3 is 2.23 bits per heavy atom. The molecule has 0 radical (unpaired) electrons. The van der Waals surface area contributed by atoms with Gasteiger partial charge in [0.1, 0.15) is 6.61 Å². The molecule has 0 spiro atoms. The Morgan fingerprint density at radius 2 is 1.63 bits per heavy atom. The molecule has 3 N–H and O–H groups in total. The number of hydrogen-bond acceptors (Lipinski definition) is 5. The molecule has 2 fully saturated rings. The number of fused-ring (bicyclic) bond motifs is 3. The van der Waals surface area contributed by atoms with Crippen LogP contribution in [0.4, 0.5) is 4.79 Å². The second-order valence-electron chi connectivity index (χ2n) is 9.76. The van der Waals surface area contributed by atoms with Crippen molar-refractivity contribution in [3.8, 4) is 11.1 Å². The summed E-state index contributed by atoms with van der Waals surface area (Å²) < 4.78 is 5.74. The molecule has 5 rings (SSSR count). The zero-order valence-corrected chi connectivity index (χ0v) is 20.3. The Balaban J connectivity index is 1.19. The maximum absolute atomic E-state index is 12.9. The second-order valence-corrected chi connectivity index (χ2v) is 11.0. The van der Waals surface area contributed by atoms with Crippen LogP contribution in [0.2, 0.25) is 0 Å². The maximum atomic E-state index is 12.9. The SMILES string of the molecule is O=C(CC1(NC(=O)OCC2c3ccccc3-c3ccccc32)CCSCC1)NC[C@H]1C[C@H]1C(=O)O. The topological polar surface area (TPSA) is 105 Å². The van der Waals surface area contributed by atoms with Gasteiger partial charge in [0.05, 0.1) is 11.5 Å². The highest BCUT2D eigenvalue weighted by atomic mass is 32.2. The first-order valence-electron chi connectivity index (χ1n) is 12.2. The molecular weight excluding hydrogens is 464 g/mol. The molecular formula is C27H30N2O5S. The van der Waals surface area contributed by atoms with E-state index < -0.39 is 17.6 Å². The highest BCUT2D eigenvalue weighted by Crippen LogP contribution is 2.44. The lowest BCUT2D eigenvalue weighted by Gasteiger charge is -2.37. The average Bonchev–Trinajstić information content (AvgIpc) is 3.58. The van der Waals surface area contributed by atoms with Gasteiger partial charge < -0.3 is 20.5 Å². The molecule has 1 aliphatic heterocycles. The molecule has 35 heavy (non-hydrogen) atoms. The first-order chi connectivity index (χ1) is 17.0. The smallest absolute Gasteiger partial charge is 0.407 e. The van der Waals surface area contributed by atoms with Gasteiger partial charge in [-0.25, -0.2) is 4.79 Å². The minimum atomic E-state index is -0.804. The number of ether oxygens (including phenoxy) is 1. The predicted molar refractivity (Wildman–Crippen MR) is 134 cm³/mol. The number of carbonyl (C=O) groups excluding carboxylic acids is 2. The Labute approximate surface area is 209 Å². The van der Waals surface area contributed by atoms with Crippen molar-refractivity contribution in [3.05, 3.63) is 59.7 Å². The van der Waals surface area contributed by atoms with Gasteiger partial charge in [-0.2, -0.15) is 11.8 Å². The summed E-state index contributed by atoms with van der Waals surface area (Å²) in [5, 5.41) is 15.0. The van der Waals surface area contributed by atoms with Crippen molar-refractivity contribution in [1.82, 2.24) is 10.6 Å². The Bertz CT molecular complexity index is 1080. The van der Waals surface area contributed by atoms with Crippen molar-refractivity contribution >= 4 is 29.7 Å². The third-order valence-corrected chi connectivity index (χ3v) is 8.45. The number of nitrogens with one attached hydrogen (secondary N) is 2. The van der Waals surface area contributed by atoms with E-state index in [0.717, 1.165) is 22.6 Å². The third kappa shape index (κ3) is 5.17. The van der Waals surface area contributed by atoms with Gasteiger partial charge in [0.2, 0.25) is 5.91 Å². The summed E-state index contributed by atoms with van der Waals surface area (Å²) in [6.07, 6.45) is 1.66. The molecule has 2 aliphatic carbocycles. The molecule has 2 aromatic carbocycles. The monoisotopic (exact) mass is 494 g/mol. The van der Waals surface area contributed by atoms with Gasteiger partial charge in [-0.05, 0) is 58.9 Å². The number of aliphatic carboxylic acids is 1. The van der Waals surface area contributed by atoms with Gasteiger partial charge in [0.25, 0.3) is 0 Å². The maximum Gasteiger partial charge on any atom is 0.407 e. The van der Waals surface area contributed by atoms with Gasteiger partial charge in [0, 0.05) is 18.9 Å². The summed E-state index contributed by atoms with van der Waals surface area (Å²) in [7, 11) is 0. The average molecular weight is 495 g/mol. The van der Waals surface area contributed by atoms with E-state index in [4.69, 9.17) is 9.84 Å². The molecule has 2 amide bonds. The summed E-state index contributed by atoms with van der Waals surface area (Å²) in [6.45, 7) is 0.598. The number of rotatable bonds is 8. The van der Waals surface area contributed by atoms with Crippen LogP contribution in [0, 0.1) is 11.8 Å².